The molecule has 0 amide bonds. The summed E-state index contributed by atoms with van der Waals surface area (Å²) in [7, 11) is 4.03. The fourth-order valence-electron chi connectivity index (χ4n) is 4.05. The second-order valence-electron chi connectivity index (χ2n) is 6.94. The van der Waals surface area contributed by atoms with Crippen molar-refractivity contribution in [3.8, 4) is 0 Å². The Morgan fingerprint density at radius 3 is 2.45 bits per heavy atom. The minimum Gasteiger partial charge on any atom is -0.341 e. The number of likely N-dealkylation sites (tertiary alicyclic amines) is 1. The van der Waals surface area contributed by atoms with E-state index in [1.165, 1.54) is 0 Å². The van der Waals surface area contributed by atoms with E-state index in [0.29, 0.717) is 17.2 Å². The van der Waals surface area contributed by atoms with Crippen molar-refractivity contribution in [3.05, 3.63) is 34.1 Å². The van der Waals surface area contributed by atoms with Crippen molar-refractivity contribution in [2.24, 2.45) is 18.9 Å². The molecule has 2 saturated heterocycles. The second-order valence-corrected chi connectivity index (χ2v) is 6.94. The van der Waals surface area contributed by atoms with E-state index in [0.717, 1.165) is 43.2 Å². The van der Waals surface area contributed by atoms with Crippen LogP contribution < -0.4 is 10.5 Å². The number of hydrogen-bond acceptors (Lipinski definition) is 4. The summed E-state index contributed by atoms with van der Waals surface area (Å²) in [5.74, 6) is 2.23. The van der Waals surface area contributed by atoms with Gasteiger partial charge in [0.25, 0.3) is 5.56 Å². The molecule has 0 radical (unpaired) electrons. The molecule has 2 aliphatic rings. The van der Waals surface area contributed by atoms with Gasteiger partial charge in [-0.2, -0.15) is 0 Å². The Morgan fingerprint density at radius 1 is 1.09 bits per heavy atom. The summed E-state index contributed by atoms with van der Waals surface area (Å²) < 4.78 is 1.71. The van der Waals surface area contributed by atoms with Gasteiger partial charge in [0.2, 0.25) is 5.95 Å². The SMILES string of the molecule is Cc1ccc2nc(N3CC4CN(C)CC4C3)n(C)c(=O)c2c1. The van der Waals surface area contributed by atoms with Crippen LogP contribution >= 0.6 is 0 Å². The number of benzene rings is 1. The highest BCUT2D eigenvalue weighted by atomic mass is 16.1. The van der Waals surface area contributed by atoms with Crippen LogP contribution in [0, 0.1) is 18.8 Å². The summed E-state index contributed by atoms with van der Waals surface area (Å²) in [4.78, 5) is 22.1. The summed E-state index contributed by atoms with van der Waals surface area (Å²) in [6.45, 7) is 6.33. The zero-order chi connectivity index (χ0) is 15.4. The van der Waals surface area contributed by atoms with Crippen LogP contribution in [0.4, 0.5) is 5.95 Å². The Hall–Kier alpha value is -1.88. The molecule has 2 aromatic rings. The van der Waals surface area contributed by atoms with E-state index in [4.69, 9.17) is 4.98 Å². The standard InChI is InChI=1S/C17H22N4O/c1-11-4-5-15-14(6-11)16(22)20(3)17(18-15)21-9-12-7-19(2)8-13(12)10-21/h4-6,12-13H,7-10H2,1-3H3. The Labute approximate surface area is 130 Å². The van der Waals surface area contributed by atoms with Crippen LogP contribution in [-0.4, -0.2) is 47.7 Å². The molecule has 3 heterocycles. The molecule has 2 aliphatic heterocycles. The molecule has 1 aromatic heterocycles. The van der Waals surface area contributed by atoms with Crippen LogP contribution in [0.25, 0.3) is 10.9 Å². The van der Waals surface area contributed by atoms with E-state index in [2.05, 4.69) is 16.8 Å². The van der Waals surface area contributed by atoms with E-state index < -0.39 is 0 Å². The molecule has 5 heteroatoms. The average molecular weight is 298 g/mol. The molecule has 4 rings (SSSR count). The smallest absolute Gasteiger partial charge is 0.262 e. The minimum absolute atomic E-state index is 0.0536. The summed E-state index contributed by atoms with van der Waals surface area (Å²) in [6.07, 6.45) is 0. The largest absolute Gasteiger partial charge is 0.341 e. The first-order valence-corrected chi connectivity index (χ1v) is 7.94. The lowest BCUT2D eigenvalue weighted by molar-refractivity contribution is 0.386. The Morgan fingerprint density at radius 2 is 1.77 bits per heavy atom. The molecule has 0 spiro atoms. The van der Waals surface area contributed by atoms with Gasteiger partial charge in [0, 0.05) is 33.2 Å². The third-order valence-corrected chi connectivity index (χ3v) is 5.16. The first kappa shape index (κ1) is 13.8. The van der Waals surface area contributed by atoms with Crippen molar-refractivity contribution >= 4 is 16.9 Å². The molecular weight excluding hydrogens is 276 g/mol. The van der Waals surface area contributed by atoms with Gasteiger partial charge in [0.05, 0.1) is 10.9 Å². The molecule has 2 unspecified atom stereocenters. The van der Waals surface area contributed by atoms with Gasteiger partial charge in [-0.1, -0.05) is 11.6 Å². The molecule has 0 saturated carbocycles. The predicted octanol–water partition coefficient (Wildman–Crippen LogP) is 1.24. The van der Waals surface area contributed by atoms with Crippen molar-refractivity contribution in [2.45, 2.75) is 6.92 Å². The van der Waals surface area contributed by atoms with Crippen molar-refractivity contribution in [2.75, 3.05) is 38.1 Å². The molecule has 116 valence electrons. The van der Waals surface area contributed by atoms with Crippen LogP contribution in [0.5, 0.6) is 0 Å². The summed E-state index contributed by atoms with van der Waals surface area (Å²) in [5, 5.41) is 0.713. The Balaban J connectivity index is 1.75. The number of hydrogen-bond donors (Lipinski definition) is 0. The maximum Gasteiger partial charge on any atom is 0.262 e. The molecule has 0 N–H and O–H groups in total. The molecule has 0 aliphatic carbocycles. The van der Waals surface area contributed by atoms with Gasteiger partial charge in [-0.05, 0) is 37.9 Å². The van der Waals surface area contributed by atoms with E-state index in [9.17, 15) is 4.79 Å². The molecule has 2 fully saturated rings. The topological polar surface area (TPSA) is 41.4 Å². The van der Waals surface area contributed by atoms with Gasteiger partial charge in [-0.3, -0.25) is 9.36 Å². The van der Waals surface area contributed by atoms with Gasteiger partial charge in [-0.15, -0.1) is 0 Å². The monoisotopic (exact) mass is 298 g/mol. The fourth-order valence-corrected chi connectivity index (χ4v) is 4.05. The highest BCUT2D eigenvalue weighted by molar-refractivity contribution is 5.79. The van der Waals surface area contributed by atoms with Gasteiger partial charge in [0.1, 0.15) is 0 Å². The molecule has 1 aromatic carbocycles. The van der Waals surface area contributed by atoms with Gasteiger partial charge in [-0.25, -0.2) is 4.98 Å². The third-order valence-electron chi connectivity index (χ3n) is 5.16. The number of aryl methyl sites for hydroxylation is 1. The van der Waals surface area contributed by atoms with Crippen molar-refractivity contribution < 1.29 is 0 Å². The number of nitrogens with zero attached hydrogens (tertiary/aromatic N) is 4. The maximum atomic E-state index is 12.6. The zero-order valence-electron chi connectivity index (χ0n) is 13.4. The van der Waals surface area contributed by atoms with Crippen molar-refractivity contribution in [1.82, 2.24) is 14.5 Å². The van der Waals surface area contributed by atoms with Gasteiger partial charge < -0.3 is 9.80 Å². The van der Waals surface area contributed by atoms with Crippen LogP contribution in [0.3, 0.4) is 0 Å². The van der Waals surface area contributed by atoms with Crippen molar-refractivity contribution in [1.29, 1.82) is 0 Å². The number of aromatic nitrogens is 2. The van der Waals surface area contributed by atoms with E-state index in [1.807, 2.05) is 32.2 Å². The lowest BCUT2D eigenvalue weighted by atomic mass is 10.0. The second kappa shape index (κ2) is 4.81. The summed E-state index contributed by atoms with van der Waals surface area (Å²) >= 11 is 0. The molecule has 5 nitrogen and oxygen atoms in total. The van der Waals surface area contributed by atoms with E-state index in [-0.39, 0.29) is 5.56 Å². The highest BCUT2D eigenvalue weighted by Gasteiger charge is 2.39. The number of rotatable bonds is 1. The van der Waals surface area contributed by atoms with E-state index >= 15 is 0 Å². The summed E-state index contributed by atoms with van der Waals surface area (Å²) in [6, 6.07) is 5.91. The van der Waals surface area contributed by atoms with Crippen LogP contribution in [0.15, 0.2) is 23.0 Å². The fraction of sp³-hybridized carbons (Fsp3) is 0.529. The third kappa shape index (κ3) is 2.03. The molecule has 22 heavy (non-hydrogen) atoms. The summed E-state index contributed by atoms with van der Waals surface area (Å²) in [5.41, 5.74) is 1.95. The maximum absolute atomic E-state index is 12.6. The van der Waals surface area contributed by atoms with Gasteiger partial charge in [0.15, 0.2) is 0 Å². The van der Waals surface area contributed by atoms with Gasteiger partial charge >= 0.3 is 0 Å². The molecular formula is C17H22N4O. The Kier molecular flexibility index (Phi) is 3.01. The number of anilines is 1. The number of fused-ring (bicyclic) bond motifs is 2. The van der Waals surface area contributed by atoms with E-state index in [1.54, 1.807) is 4.57 Å². The lowest BCUT2D eigenvalue weighted by Crippen LogP contribution is -2.32. The minimum atomic E-state index is 0.0536. The van der Waals surface area contributed by atoms with Crippen LogP contribution in [0.1, 0.15) is 5.56 Å². The quantitative estimate of drug-likeness (QED) is 0.794. The predicted molar refractivity (Wildman–Crippen MR) is 88.4 cm³/mol. The van der Waals surface area contributed by atoms with Crippen LogP contribution in [-0.2, 0) is 7.05 Å². The zero-order valence-corrected chi connectivity index (χ0v) is 13.4. The highest BCUT2D eigenvalue weighted by Crippen LogP contribution is 2.32. The Bertz CT molecular complexity index is 783. The molecule has 2 atom stereocenters. The first-order chi connectivity index (χ1) is 10.5. The van der Waals surface area contributed by atoms with Crippen molar-refractivity contribution in [3.63, 3.8) is 0 Å². The average Bonchev–Trinajstić information content (AvgIpc) is 3.00. The van der Waals surface area contributed by atoms with Crippen LogP contribution in [0.2, 0.25) is 0 Å². The first-order valence-electron chi connectivity index (χ1n) is 7.94. The normalized spacial score (nSPS) is 25.1. The molecule has 0 bridgehead atoms. The lowest BCUT2D eigenvalue weighted by Gasteiger charge is -2.22.